The fourth-order valence-electron chi connectivity index (χ4n) is 3.75. The van der Waals surface area contributed by atoms with E-state index >= 15 is 0 Å². The van der Waals surface area contributed by atoms with Crippen molar-refractivity contribution in [2.24, 2.45) is 0 Å². The fraction of sp³-hybridized carbons (Fsp3) is 0.200. The largest absolute Gasteiger partial charge is 0.337 e. The molecule has 4 nitrogen and oxygen atoms in total. The van der Waals surface area contributed by atoms with Gasteiger partial charge in [0.2, 0.25) is 0 Å². The molecular formula is C25H23FN2O2. The van der Waals surface area contributed by atoms with Crippen LogP contribution in [-0.4, -0.2) is 47.8 Å². The molecule has 1 heterocycles. The molecule has 4 rings (SSSR count). The summed E-state index contributed by atoms with van der Waals surface area (Å²) in [6.07, 6.45) is 0.661. The van der Waals surface area contributed by atoms with Crippen molar-refractivity contribution in [2.45, 2.75) is 6.42 Å². The highest BCUT2D eigenvalue weighted by atomic mass is 19.1. The third-order valence-electron chi connectivity index (χ3n) is 5.41. The second-order valence-corrected chi connectivity index (χ2v) is 7.36. The summed E-state index contributed by atoms with van der Waals surface area (Å²) in [6, 6.07) is 23.6. The molecule has 3 aromatic carbocycles. The number of benzene rings is 3. The molecular weight excluding hydrogens is 379 g/mol. The summed E-state index contributed by atoms with van der Waals surface area (Å²) in [5, 5.41) is 0. The normalized spacial score (nSPS) is 14.3. The Balaban J connectivity index is 1.42. The van der Waals surface area contributed by atoms with Crippen LogP contribution in [0.2, 0.25) is 0 Å². The first-order chi connectivity index (χ1) is 14.6. The summed E-state index contributed by atoms with van der Waals surface area (Å²) in [5.74, 6) is -0.886. The van der Waals surface area contributed by atoms with Gasteiger partial charge in [-0.3, -0.25) is 9.59 Å². The minimum atomic E-state index is -0.516. The fourth-order valence-corrected chi connectivity index (χ4v) is 3.75. The van der Waals surface area contributed by atoms with Crippen molar-refractivity contribution in [3.05, 3.63) is 95.8 Å². The van der Waals surface area contributed by atoms with E-state index < -0.39 is 5.82 Å². The third-order valence-corrected chi connectivity index (χ3v) is 5.41. The average molecular weight is 402 g/mol. The van der Waals surface area contributed by atoms with E-state index in [1.807, 2.05) is 54.6 Å². The van der Waals surface area contributed by atoms with E-state index in [1.165, 1.54) is 12.1 Å². The Morgan fingerprint density at radius 3 is 1.87 bits per heavy atom. The predicted molar refractivity (Wildman–Crippen MR) is 115 cm³/mol. The summed E-state index contributed by atoms with van der Waals surface area (Å²) >= 11 is 0. The van der Waals surface area contributed by atoms with Gasteiger partial charge in [0.05, 0.1) is 5.56 Å². The Morgan fingerprint density at radius 2 is 1.20 bits per heavy atom. The second kappa shape index (κ2) is 8.91. The van der Waals surface area contributed by atoms with Gasteiger partial charge in [-0.05, 0) is 41.8 Å². The lowest BCUT2D eigenvalue weighted by molar-refractivity contribution is 0.0716. The van der Waals surface area contributed by atoms with Crippen LogP contribution >= 0.6 is 0 Å². The molecule has 0 N–H and O–H groups in total. The topological polar surface area (TPSA) is 40.6 Å². The zero-order valence-corrected chi connectivity index (χ0v) is 16.6. The van der Waals surface area contributed by atoms with Crippen molar-refractivity contribution < 1.29 is 14.0 Å². The molecule has 0 atom stereocenters. The summed E-state index contributed by atoms with van der Waals surface area (Å²) in [5.41, 5.74) is 2.87. The predicted octanol–water partition coefficient (Wildman–Crippen LogP) is 4.48. The molecule has 0 spiro atoms. The smallest absolute Gasteiger partial charge is 0.256 e. The van der Waals surface area contributed by atoms with Crippen LogP contribution in [0.3, 0.4) is 0 Å². The van der Waals surface area contributed by atoms with Crippen LogP contribution in [0.5, 0.6) is 0 Å². The summed E-state index contributed by atoms with van der Waals surface area (Å²) < 4.78 is 14.0. The Labute approximate surface area is 175 Å². The lowest BCUT2D eigenvalue weighted by Crippen LogP contribution is -2.37. The number of hydrogen-bond donors (Lipinski definition) is 0. The van der Waals surface area contributed by atoms with E-state index in [4.69, 9.17) is 0 Å². The van der Waals surface area contributed by atoms with Crippen LogP contribution < -0.4 is 0 Å². The van der Waals surface area contributed by atoms with Crippen LogP contribution in [0.4, 0.5) is 4.39 Å². The van der Waals surface area contributed by atoms with Crippen molar-refractivity contribution in [3.8, 4) is 11.1 Å². The number of rotatable bonds is 3. The average Bonchev–Trinajstić information content (AvgIpc) is 3.06. The van der Waals surface area contributed by atoms with Crippen LogP contribution in [0.15, 0.2) is 78.9 Å². The number of halogens is 1. The molecule has 30 heavy (non-hydrogen) atoms. The van der Waals surface area contributed by atoms with E-state index in [-0.39, 0.29) is 17.4 Å². The Kier molecular flexibility index (Phi) is 5.89. The molecule has 1 fully saturated rings. The standard InChI is InChI=1S/C25H23FN2O2/c26-23-10-5-4-9-22(23)25(30)28-16-6-15-27(17-18-28)24(29)21-13-11-20(12-14-21)19-7-2-1-3-8-19/h1-5,7-14H,6,15-18H2. The van der Waals surface area contributed by atoms with Gasteiger partial charge in [-0.15, -0.1) is 0 Å². The number of carbonyl (C=O) groups excluding carboxylic acids is 2. The molecule has 2 amide bonds. The molecule has 0 bridgehead atoms. The lowest BCUT2D eigenvalue weighted by Gasteiger charge is -2.22. The summed E-state index contributed by atoms with van der Waals surface area (Å²) in [7, 11) is 0. The maximum absolute atomic E-state index is 14.0. The van der Waals surface area contributed by atoms with Crippen LogP contribution in [-0.2, 0) is 0 Å². The second-order valence-electron chi connectivity index (χ2n) is 7.36. The molecule has 0 radical (unpaired) electrons. The minimum Gasteiger partial charge on any atom is -0.337 e. The maximum Gasteiger partial charge on any atom is 0.256 e. The molecule has 0 aliphatic carbocycles. The lowest BCUT2D eigenvalue weighted by atomic mass is 10.0. The van der Waals surface area contributed by atoms with E-state index in [9.17, 15) is 14.0 Å². The van der Waals surface area contributed by atoms with Crippen molar-refractivity contribution >= 4 is 11.8 Å². The van der Waals surface area contributed by atoms with Crippen molar-refractivity contribution in [2.75, 3.05) is 26.2 Å². The molecule has 0 unspecified atom stereocenters. The molecule has 0 saturated carbocycles. The highest BCUT2D eigenvalue weighted by Gasteiger charge is 2.24. The first-order valence-electron chi connectivity index (χ1n) is 10.1. The number of nitrogens with zero attached hydrogens (tertiary/aromatic N) is 2. The maximum atomic E-state index is 14.0. The molecule has 1 saturated heterocycles. The Hall–Kier alpha value is -3.47. The highest BCUT2D eigenvalue weighted by molar-refractivity contribution is 5.96. The SMILES string of the molecule is O=C(c1ccc(-c2ccccc2)cc1)N1CCCN(C(=O)c2ccccc2F)CC1. The van der Waals surface area contributed by atoms with Gasteiger partial charge >= 0.3 is 0 Å². The number of carbonyl (C=O) groups is 2. The van der Waals surface area contributed by atoms with Crippen molar-refractivity contribution in [1.29, 1.82) is 0 Å². The van der Waals surface area contributed by atoms with Gasteiger partial charge in [0.15, 0.2) is 0 Å². The van der Waals surface area contributed by atoms with Gasteiger partial charge in [-0.1, -0.05) is 54.6 Å². The molecule has 1 aliphatic heterocycles. The third kappa shape index (κ3) is 4.25. The zero-order valence-electron chi connectivity index (χ0n) is 16.6. The van der Waals surface area contributed by atoms with Gasteiger partial charge in [0.1, 0.15) is 5.82 Å². The van der Waals surface area contributed by atoms with E-state index in [2.05, 4.69) is 0 Å². The van der Waals surface area contributed by atoms with Gasteiger partial charge < -0.3 is 9.80 Å². The van der Waals surface area contributed by atoms with Crippen LogP contribution in [0.25, 0.3) is 11.1 Å². The van der Waals surface area contributed by atoms with Crippen LogP contribution in [0, 0.1) is 5.82 Å². The Morgan fingerprint density at radius 1 is 0.633 bits per heavy atom. The number of hydrogen-bond acceptors (Lipinski definition) is 2. The molecule has 3 aromatic rings. The van der Waals surface area contributed by atoms with Gasteiger partial charge in [-0.2, -0.15) is 0 Å². The molecule has 152 valence electrons. The van der Waals surface area contributed by atoms with Gasteiger partial charge in [0.25, 0.3) is 11.8 Å². The van der Waals surface area contributed by atoms with E-state index in [0.717, 1.165) is 11.1 Å². The van der Waals surface area contributed by atoms with E-state index in [1.54, 1.807) is 21.9 Å². The Bertz CT molecular complexity index is 1030. The van der Waals surface area contributed by atoms with Crippen molar-refractivity contribution in [1.82, 2.24) is 9.80 Å². The summed E-state index contributed by atoms with van der Waals surface area (Å²) in [4.78, 5) is 29.0. The van der Waals surface area contributed by atoms with Gasteiger partial charge in [-0.25, -0.2) is 4.39 Å². The first kappa shape index (κ1) is 19.8. The minimum absolute atomic E-state index is 0.0465. The first-order valence-corrected chi connectivity index (χ1v) is 10.1. The number of amides is 2. The highest BCUT2D eigenvalue weighted by Crippen LogP contribution is 2.20. The molecule has 0 aromatic heterocycles. The zero-order chi connectivity index (χ0) is 20.9. The van der Waals surface area contributed by atoms with E-state index in [0.29, 0.717) is 38.2 Å². The van der Waals surface area contributed by atoms with Crippen molar-refractivity contribution in [3.63, 3.8) is 0 Å². The van der Waals surface area contributed by atoms with Crippen LogP contribution in [0.1, 0.15) is 27.1 Å². The molecule has 1 aliphatic rings. The monoisotopic (exact) mass is 402 g/mol. The van der Waals surface area contributed by atoms with Gasteiger partial charge in [0, 0.05) is 31.7 Å². The molecule has 5 heteroatoms. The quantitative estimate of drug-likeness (QED) is 0.648. The summed E-state index contributed by atoms with van der Waals surface area (Å²) in [6.45, 7) is 1.89.